The van der Waals surface area contributed by atoms with Crippen LogP contribution in [0.1, 0.15) is 30.7 Å². The van der Waals surface area contributed by atoms with Gasteiger partial charge in [-0.15, -0.1) is 0 Å². The molecule has 1 saturated carbocycles. The van der Waals surface area contributed by atoms with Gasteiger partial charge in [-0.1, -0.05) is 12.1 Å². The number of aliphatic hydroxyl groups excluding tert-OH is 1. The molecule has 1 aromatic carbocycles. The van der Waals surface area contributed by atoms with Crippen molar-refractivity contribution in [2.75, 3.05) is 7.11 Å². The third kappa shape index (κ3) is 1.90. The Hall–Kier alpha value is -1.02. The van der Waals surface area contributed by atoms with E-state index in [1.807, 2.05) is 12.1 Å². The van der Waals surface area contributed by atoms with Gasteiger partial charge in [-0.2, -0.15) is 0 Å². The van der Waals surface area contributed by atoms with E-state index >= 15 is 0 Å². The molecule has 2 rings (SSSR count). The molecule has 1 N–H and O–H groups in total. The van der Waals surface area contributed by atoms with Crippen LogP contribution < -0.4 is 4.74 Å². The summed E-state index contributed by atoms with van der Waals surface area (Å²) in [7, 11) is 1.68. The van der Waals surface area contributed by atoms with Crippen molar-refractivity contribution in [2.24, 2.45) is 0 Å². The molecule has 0 spiro atoms. The molecule has 0 saturated heterocycles. The maximum Gasteiger partial charge on any atom is 0.119 e. The topological polar surface area (TPSA) is 29.5 Å². The zero-order valence-electron chi connectivity index (χ0n) is 8.44. The van der Waals surface area contributed by atoms with E-state index in [1.54, 1.807) is 7.11 Å². The lowest BCUT2D eigenvalue weighted by atomic mass is 9.97. The molecule has 76 valence electrons. The van der Waals surface area contributed by atoms with Crippen molar-refractivity contribution in [2.45, 2.75) is 31.3 Å². The molecule has 0 aliphatic heterocycles. The molecule has 2 atom stereocenters. The fourth-order valence-corrected chi connectivity index (χ4v) is 2.16. The van der Waals surface area contributed by atoms with E-state index in [4.69, 9.17) is 4.74 Å². The minimum Gasteiger partial charge on any atom is -0.497 e. The first kappa shape index (κ1) is 9.53. The second kappa shape index (κ2) is 4.01. The summed E-state index contributed by atoms with van der Waals surface area (Å²) in [6, 6.07) is 8.15. The fraction of sp³-hybridized carbons (Fsp3) is 0.500. The monoisotopic (exact) mass is 192 g/mol. The van der Waals surface area contributed by atoms with Gasteiger partial charge in [0.1, 0.15) is 5.75 Å². The lowest BCUT2D eigenvalue weighted by molar-refractivity contribution is 0.181. The van der Waals surface area contributed by atoms with E-state index in [2.05, 4.69) is 12.1 Å². The van der Waals surface area contributed by atoms with E-state index in [0.29, 0.717) is 5.92 Å². The maximum absolute atomic E-state index is 9.46. The van der Waals surface area contributed by atoms with E-state index in [9.17, 15) is 5.11 Å². The van der Waals surface area contributed by atoms with Crippen LogP contribution in [0.2, 0.25) is 0 Å². The average Bonchev–Trinajstić information content (AvgIpc) is 2.65. The number of ether oxygens (including phenoxy) is 1. The minimum atomic E-state index is -0.105. The molecule has 2 nitrogen and oxygen atoms in total. The molecule has 2 heteroatoms. The van der Waals surface area contributed by atoms with Crippen LogP contribution in [-0.4, -0.2) is 18.3 Å². The van der Waals surface area contributed by atoms with Gasteiger partial charge in [-0.05, 0) is 42.9 Å². The Balaban J connectivity index is 2.15. The minimum absolute atomic E-state index is 0.105. The average molecular weight is 192 g/mol. The van der Waals surface area contributed by atoms with Gasteiger partial charge in [0.25, 0.3) is 0 Å². The largest absolute Gasteiger partial charge is 0.497 e. The predicted octanol–water partition coefficient (Wildman–Crippen LogP) is 2.32. The molecule has 0 radical (unpaired) electrons. The highest BCUT2D eigenvalue weighted by Gasteiger charge is 2.24. The highest BCUT2D eigenvalue weighted by molar-refractivity contribution is 5.31. The van der Waals surface area contributed by atoms with Gasteiger partial charge in [0.15, 0.2) is 0 Å². The molecule has 1 fully saturated rings. The molecule has 0 amide bonds. The van der Waals surface area contributed by atoms with Crippen LogP contribution in [0.25, 0.3) is 0 Å². The van der Waals surface area contributed by atoms with Crippen LogP contribution in [0.15, 0.2) is 24.3 Å². The zero-order valence-corrected chi connectivity index (χ0v) is 8.44. The summed E-state index contributed by atoms with van der Waals surface area (Å²) in [6.07, 6.45) is 2.81. The molecule has 14 heavy (non-hydrogen) atoms. The van der Waals surface area contributed by atoms with Gasteiger partial charge in [-0.3, -0.25) is 0 Å². The smallest absolute Gasteiger partial charge is 0.119 e. The molecule has 0 aromatic heterocycles. The van der Waals surface area contributed by atoms with Crippen LogP contribution in [0.4, 0.5) is 0 Å². The molecule has 2 unspecified atom stereocenters. The van der Waals surface area contributed by atoms with Gasteiger partial charge < -0.3 is 9.84 Å². The normalized spacial score (nSPS) is 26.4. The number of hydrogen-bond donors (Lipinski definition) is 1. The van der Waals surface area contributed by atoms with Gasteiger partial charge in [-0.25, -0.2) is 0 Å². The first-order chi connectivity index (χ1) is 6.79. The number of aliphatic hydroxyl groups is 1. The molecule has 0 bridgehead atoms. The molecular formula is C12H16O2. The molecule has 1 aromatic rings. The summed E-state index contributed by atoms with van der Waals surface area (Å²) in [5, 5.41) is 9.46. The van der Waals surface area contributed by atoms with Gasteiger partial charge >= 0.3 is 0 Å². The number of benzene rings is 1. The Morgan fingerprint density at radius 3 is 2.86 bits per heavy atom. The highest BCUT2D eigenvalue weighted by atomic mass is 16.5. The van der Waals surface area contributed by atoms with Gasteiger partial charge in [0.05, 0.1) is 13.2 Å². The Kier molecular flexibility index (Phi) is 2.73. The number of methoxy groups -OCH3 is 1. The second-order valence-electron chi connectivity index (χ2n) is 3.94. The molecule has 1 aliphatic carbocycles. The molecular weight excluding hydrogens is 176 g/mol. The predicted molar refractivity (Wildman–Crippen MR) is 55.6 cm³/mol. The summed E-state index contributed by atoms with van der Waals surface area (Å²) < 4.78 is 5.18. The van der Waals surface area contributed by atoms with E-state index in [0.717, 1.165) is 25.0 Å². The second-order valence-corrected chi connectivity index (χ2v) is 3.94. The zero-order chi connectivity index (χ0) is 9.97. The first-order valence-corrected chi connectivity index (χ1v) is 5.11. The van der Waals surface area contributed by atoms with Crippen molar-refractivity contribution in [1.82, 2.24) is 0 Å². The summed E-state index contributed by atoms with van der Waals surface area (Å²) in [6.45, 7) is 0. The Morgan fingerprint density at radius 2 is 2.21 bits per heavy atom. The van der Waals surface area contributed by atoms with E-state index < -0.39 is 0 Å². The van der Waals surface area contributed by atoms with Gasteiger partial charge in [0, 0.05) is 0 Å². The van der Waals surface area contributed by atoms with Crippen molar-refractivity contribution in [3.8, 4) is 5.75 Å². The summed E-state index contributed by atoms with van der Waals surface area (Å²) in [5.41, 5.74) is 1.29. The van der Waals surface area contributed by atoms with Crippen LogP contribution in [0.5, 0.6) is 5.75 Å². The van der Waals surface area contributed by atoms with Gasteiger partial charge in [0.2, 0.25) is 0 Å². The van der Waals surface area contributed by atoms with Crippen LogP contribution in [-0.2, 0) is 0 Å². The Morgan fingerprint density at radius 1 is 1.36 bits per heavy atom. The quantitative estimate of drug-likeness (QED) is 0.779. The summed E-state index contributed by atoms with van der Waals surface area (Å²) in [4.78, 5) is 0. The summed E-state index contributed by atoms with van der Waals surface area (Å²) >= 11 is 0. The number of rotatable bonds is 2. The maximum atomic E-state index is 9.46. The van der Waals surface area contributed by atoms with Crippen molar-refractivity contribution in [3.63, 3.8) is 0 Å². The van der Waals surface area contributed by atoms with E-state index in [1.165, 1.54) is 5.56 Å². The van der Waals surface area contributed by atoms with Crippen LogP contribution in [0.3, 0.4) is 0 Å². The molecule has 1 aliphatic rings. The third-order valence-corrected chi connectivity index (χ3v) is 2.97. The van der Waals surface area contributed by atoms with Crippen molar-refractivity contribution in [1.29, 1.82) is 0 Å². The lowest BCUT2D eigenvalue weighted by Gasteiger charge is -2.10. The van der Waals surface area contributed by atoms with Crippen molar-refractivity contribution < 1.29 is 9.84 Å². The first-order valence-electron chi connectivity index (χ1n) is 5.11. The fourth-order valence-electron chi connectivity index (χ4n) is 2.16. The Labute approximate surface area is 84.5 Å². The van der Waals surface area contributed by atoms with Crippen molar-refractivity contribution >= 4 is 0 Å². The lowest BCUT2D eigenvalue weighted by Crippen LogP contribution is -1.99. The number of hydrogen-bond acceptors (Lipinski definition) is 2. The SMILES string of the molecule is COc1cccc(C2CCC(O)C2)c1. The standard InChI is InChI=1S/C12H16O2/c1-14-12-4-2-3-9(8-12)10-5-6-11(13)7-10/h2-4,8,10-11,13H,5-7H2,1H3. The summed E-state index contributed by atoms with van der Waals surface area (Å²) in [5.74, 6) is 1.42. The third-order valence-electron chi connectivity index (χ3n) is 2.97. The highest BCUT2D eigenvalue weighted by Crippen LogP contribution is 2.35. The molecule has 0 heterocycles. The van der Waals surface area contributed by atoms with E-state index in [-0.39, 0.29) is 6.10 Å². The van der Waals surface area contributed by atoms with Crippen LogP contribution >= 0.6 is 0 Å². The van der Waals surface area contributed by atoms with Crippen LogP contribution in [0, 0.1) is 0 Å². The van der Waals surface area contributed by atoms with Crippen molar-refractivity contribution in [3.05, 3.63) is 29.8 Å². The Bertz CT molecular complexity index is 309.